The molecule has 0 unspecified atom stereocenters. The van der Waals surface area contributed by atoms with Crippen molar-refractivity contribution in [2.75, 3.05) is 58.9 Å². The summed E-state index contributed by atoms with van der Waals surface area (Å²) in [5, 5.41) is 0.975. The minimum atomic E-state index is -5.03. The molecule has 0 bridgehead atoms. The lowest BCUT2D eigenvalue weighted by atomic mass is 9.94. The van der Waals surface area contributed by atoms with Crippen LogP contribution in [0.2, 0.25) is 0 Å². The number of H-pyrrole nitrogens is 1. The molecule has 3 aromatic rings. The maximum Gasteiger partial charge on any atom is 0.416 e. The van der Waals surface area contributed by atoms with E-state index in [4.69, 9.17) is 0 Å². The summed E-state index contributed by atoms with van der Waals surface area (Å²) >= 11 is 0. The van der Waals surface area contributed by atoms with E-state index in [9.17, 15) is 31.1 Å². The molecule has 2 saturated heterocycles. The van der Waals surface area contributed by atoms with Gasteiger partial charge >= 0.3 is 12.4 Å². The van der Waals surface area contributed by atoms with Gasteiger partial charge in [-0.3, -0.25) is 14.6 Å². The summed E-state index contributed by atoms with van der Waals surface area (Å²) in [4.78, 5) is 25.9. The zero-order chi connectivity index (χ0) is 33.2. The topological polar surface area (TPSA) is 45.8 Å². The fraction of sp³-hybridized carbons (Fsp3) is 0.571. The summed E-state index contributed by atoms with van der Waals surface area (Å²) in [5.74, 6) is -0.818. The predicted octanol–water partition coefficient (Wildman–Crippen LogP) is 8.18. The second kappa shape index (κ2) is 18.0. The molecule has 6 rings (SSSR count). The van der Waals surface area contributed by atoms with Gasteiger partial charge in [-0.2, -0.15) is 26.3 Å². The second-order valence-corrected chi connectivity index (χ2v) is 13.3. The van der Waals surface area contributed by atoms with Crippen molar-refractivity contribution < 1.29 is 31.1 Å². The highest BCUT2D eigenvalue weighted by atomic mass is 35.5. The van der Waals surface area contributed by atoms with Crippen molar-refractivity contribution in [2.24, 2.45) is 0 Å². The molecule has 0 spiro atoms. The lowest BCUT2D eigenvalue weighted by Crippen LogP contribution is -2.56. The van der Waals surface area contributed by atoms with Gasteiger partial charge in [0.05, 0.1) is 11.1 Å². The fourth-order valence-electron chi connectivity index (χ4n) is 7.68. The summed E-state index contributed by atoms with van der Waals surface area (Å²) in [5.41, 5.74) is -1.70. The smallest absolute Gasteiger partial charge is 0.361 e. The lowest BCUT2D eigenvalue weighted by molar-refractivity contribution is -0.143. The highest BCUT2D eigenvalue weighted by Gasteiger charge is 2.39. The highest BCUT2D eigenvalue weighted by Crippen LogP contribution is 2.37. The Morgan fingerprint density at radius 3 is 2.00 bits per heavy atom. The van der Waals surface area contributed by atoms with Gasteiger partial charge < -0.3 is 14.8 Å². The number of carbonyl (C=O) groups is 1. The van der Waals surface area contributed by atoms with E-state index in [2.05, 4.69) is 19.7 Å². The van der Waals surface area contributed by atoms with Gasteiger partial charge in [-0.05, 0) is 68.6 Å². The number of hydrogen-bond acceptors (Lipinski definition) is 4. The number of alkyl halides is 6. The number of aromatic amines is 1. The predicted molar refractivity (Wildman–Crippen MR) is 191 cm³/mol. The van der Waals surface area contributed by atoms with Crippen molar-refractivity contribution in [3.05, 3.63) is 70.9 Å². The van der Waals surface area contributed by atoms with Crippen molar-refractivity contribution in [3.8, 4) is 0 Å². The van der Waals surface area contributed by atoms with Crippen LogP contribution < -0.4 is 0 Å². The molecular weight excluding hydrogens is 727 g/mol. The molecule has 0 radical (unpaired) electrons. The van der Waals surface area contributed by atoms with Crippen LogP contribution in [0.5, 0.6) is 0 Å². The summed E-state index contributed by atoms with van der Waals surface area (Å²) in [7, 11) is 0. The maximum atomic E-state index is 13.8. The number of nitrogens with one attached hydrogen (secondary N) is 1. The monoisotopic (exact) mass is 771 g/mol. The van der Waals surface area contributed by atoms with Crippen LogP contribution in [0.25, 0.3) is 10.9 Å². The van der Waals surface area contributed by atoms with E-state index in [1.54, 1.807) is 0 Å². The molecule has 50 heavy (non-hydrogen) atoms. The molecule has 2 aliphatic heterocycles. The molecule has 3 aliphatic rings. The molecule has 1 saturated carbocycles. The van der Waals surface area contributed by atoms with Crippen LogP contribution in [-0.2, 0) is 18.8 Å². The fourth-order valence-corrected chi connectivity index (χ4v) is 7.68. The van der Waals surface area contributed by atoms with E-state index in [-0.39, 0.29) is 49.8 Å². The van der Waals surface area contributed by atoms with Crippen LogP contribution >= 0.6 is 37.2 Å². The van der Waals surface area contributed by atoms with Gasteiger partial charge in [0, 0.05) is 80.6 Å². The normalized spacial score (nSPS) is 20.2. The average molecular weight is 773 g/mol. The van der Waals surface area contributed by atoms with Crippen LogP contribution in [0.1, 0.15) is 65.6 Å². The number of rotatable bonds is 8. The van der Waals surface area contributed by atoms with E-state index < -0.39 is 41.0 Å². The zero-order valence-corrected chi connectivity index (χ0v) is 30.2. The van der Waals surface area contributed by atoms with Crippen LogP contribution in [0.4, 0.5) is 26.3 Å². The van der Waals surface area contributed by atoms with Crippen molar-refractivity contribution in [1.29, 1.82) is 0 Å². The molecule has 2 aromatic carbocycles. The molecule has 1 aromatic heterocycles. The molecule has 3 fully saturated rings. The Kier molecular flexibility index (Phi) is 15.2. The molecule has 1 N–H and O–H groups in total. The first-order valence-electron chi connectivity index (χ1n) is 16.8. The lowest BCUT2D eigenvalue weighted by Gasteiger charge is -2.42. The van der Waals surface area contributed by atoms with Gasteiger partial charge in [0.25, 0.3) is 5.91 Å². The Balaban J connectivity index is 0.00000225. The molecule has 6 nitrogen and oxygen atoms in total. The number of hydrogen-bond donors (Lipinski definition) is 1. The van der Waals surface area contributed by atoms with E-state index >= 15 is 0 Å². The number of halogens is 9. The van der Waals surface area contributed by atoms with Gasteiger partial charge in [0.15, 0.2) is 0 Å². The molecule has 280 valence electrons. The Labute approximate surface area is 308 Å². The van der Waals surface area contributed by atoms with Crippen LogP contribution in [0, 0.1) is 0 Å². The largest absolute Gasteiger partial charge is 0.416 e. The van der Waals surface area contributed by atoms with Crippen molar-refractivity contribution >= 4 is 54.0 Å². The first-order valence-corrected chi connectivity index (χ1v) is 16.8. The second-order valence-electron chi connectivity index (χ2n) is 13.3. The van der Waals surface area contributed by atoms with Gasteiger partial charge in [-0.25, -0.2) is 0 Å². The van der Waals surface area contributed by atoms with E-state index in [0.717, 1.165) is 68.2 Å². The number of nitrogens with zero attached hydrogens (tertiary/aromatic N) is 4. The quantitative estimate of drug-likeness (QED) is 0.235. The Bertz CT molecular complexity index is 1490. The van der Waals surface area contributed by atoms with Gasteiger partial charge in [-0.1, -0.05) is 37.5 Å². The maximum absolute atomic E-state index is 13.8. The van der Waals surface area contributed by atoms with Gasteiger partial charge in [0.1, 0.15) is 0 Å². The third-order valence-corrected chi connectivity index (χ3v) is 10.2. The molecule has 15 heteroatoms. The number of para-hydroxylation sites is 1. The van der Waals surface area contributed by atoms with Gasteiger partial charge in [-0.15, -0.1) is 37.2 Å². The number of amides is 1. The minimum absolute atomic E-state index is 0. The average Bonchev–Trinajstić information content (AvgIpc) is 3.47. The third-order valence-electron chi connectivity index (χ3n) is 10.2. The van der Waals surface area contributed by atoms with Crippen molar-refractivity contribution in [1.82, 2.24) is 24.6 Å². The SMILES string of the molecule is Cl.Cl.Cl.O=C(c1cc(C(F)(F)F)cc(C(F)(F)F)c1)N1CCN(CCCN2CCN(C3CCCCC3)CC2)C[C@H]1Cc1c[nH]c2ccccc12. The Morgan fingerprint density at radius 1 is 0.760 bits per heavy atom. The third kappa shape index (κ3) is 10.2. The zero-order valence-electron chi connectivity index (χ0n) is 27.8. The number of benzene rings is 2. The molecular formula is C35H46Cl3F6N5O. The number of carbonyl (C=O) groups excluding carboxylic acids is 1. The van der Waals surface area contributed by atoms with Crippen molar-refractivity contribution in [2.45, 2.75) is 69.4 Å². The Hall–Kier alpha value is -2.22. The highest BCUT2D eigenvalue weighted by molar-refractivity contribution is 5.95. The van der Waals surface area contributed by atoms with Crippen LogP contribution in [0.3, 0.4) is 0 Å². The first-order chi connectivity index (χ1) is 22.5. The standard InChI is InChI=1S/C35H43F6N5O.3ClH/c36-34(37,38)27-19-25(20-28(22-27)35(39,40)41)33(47)46-18-15-44(24-30(46)21-26-23-42-32-10-5-4-9-31(26)32)12-6-11-43-13-16-45(17-14-43)29-7-2-1-3-8-29;;;/h4-5,9-10,19-20,22-23,29-30,42H,1-3,6-8,11-18,21,24H2;3*1H/t30-;;;/m1.../s1. The van der Waals surface area contributed by atoms with Crippen LogP contribution in [-0.4, -0.2) is 101 Å². The van der Waals surface area contributed by atoms with E-state index in [1.165, 1.54) is 37.0 Å². The number of piperazine rings is 2. The number of aromatic nitrogens is 1. The minimum Gasteiger partial charge on any atom is -0.361 e. The molecule has 1 atom stereocenters. The summed E-state index contributed by atoms with van der Waals surface area (Å²) in [6.07, 6.45) is -0.185. The van der Waals surface area contributed by atoms with E-state index in [1.807, 2.05) is 30.5 Å². The summed E-state index contributed by atoms with van der Waals surface area (Å²) in [6, 6.07) is 9.16. The van der Waals surface area contributed by atoms with Gasteiger partial charge in [0.2, 0.25) is 0 Å². The molecule has 1 amide bonds. The van der Waals surface area contributed by atoms with Crippen molar-refractivity contribution in [3.63, 3.8) is 0 Å². The molecule has 1 aliphatic carbocycles. The van der Waals surface area contributed by atoms with Crippen LogP contribution in [0.15, 0.2) is 48.7 Å². The van der Waals surface area contributed by atoms with E-state index in [0.29, 0.717) is 31.6 Å². The molecule has 3 heterocycles. The summed E-state index contributed by atoms with van der Waals surface area (Å²) < 4.78 is 81.7. The summed E-state index contributed by atoms with van der Waals surface area (Å²) in [6.45, 7) is 7.27. The Morgan fingerprint density at radius 2 is 1.36 bits per heavy atom. The number of fused-ring (bicyclic) bond motifs is 1. The first kappa shape index (κ1) is 42.2.